The van der Waals surface area contributed by atoms with E-state index in [1.807, 2.05) is 0 Å². The minimum atomic E-state index is -1.52. The molecule has 0 aliphatic heterocycles. The Hall–Kier alpha value is -1.62. The molecule has 5 heteroatoms. The summed E-state index contributed by atoms with van der Waals surface area (Å²) in [5.41, 5.74) is -1.35. The van der Waals surface area contributed by atoms with Crippen LogP contribution in [-0.2, 0) is 9.59 Å². The summed E-state index contributed by atoms with van der Waals surface area (Å²) in [5, 5.41) is 19.9. The topological polar surface area (TPSA) is 86.6 Å². The number of hydrogen-bond acceptors (Lipinski definition) is 3. The number of nitrogens with one attached hydrogen (secondary N) is 1. The summed E-state index contributed by atoms with van der Waals surface area (Å²) in [5.74, 6) is -2.38. The molecule has 0 bridgehead atoms. The molecule has 14 heavy (non-hydrogen) atoms. The van der Waals surface area contributed by atoms with Gasteiger partial charge in [0.05, 0.1) is 0 Å². The Kier molecular flexibility index (Phi) is 4.04. The van der Waals surface area contributed by atoms with Crippen molar-refractivity contribution in [3.8, 4) is 0 Å². The van der Waals surface area contributed by atoms with Crippen molar-refractivity contribution in [1.29, 1.82) is 0 Å². The van der Waals surface area contributed by atoms with E-state index < -0.39 is 17.5 Å². The lowest BCUT2D eigenvalue weighted by Gasteiger charge is -2.25. The smallest absolute Gasteiger partial charge is 0.332 e. The van der Waals surface area contributed by atoms with Gasteiger partial charge in [-0.25, -0.2) is 9.59 Å². The maximum absolute atomic E-state index is 10.9. The van der Waals surface area contributed by atoms with E-state index >= 15 is 0 Å². The summed E-state index contributed by atoms with van der Waals surface area (Å²) in [7, 11) is 1.43. The lowest BCUT2D eigenvalue weighted by Crippen LogP contribution is -2.49. The van der Waals surface area contributed by atoms with Gasteiger partial charge >= 0.3 is 11.9 Å². The summed E-state index contributed by atoms with van der Waals surface area (Å²) >= 11 is 0. The quantitative estimate of drug-likeness (QED) is 0.436. The largest absolute Gasteiger partial charge is 0.479 e. The number of likely N-dealkylation sites (N-methyl/N-ethyl adjacent to an activating group) is 1. The predicted molar refractivity (Wildman–Crippen MR) is 51.0 cm³/mol. The standard InChI is InChI=1S/C9H13NO4/c1-4-9(10-3,8(13)14)6(2)5-7(11)12/h4-5,10H,1H2,2-3H3,(H,11,12)(H,13,14)/b6-5+. The molecule has 3 N–H and O–H groups in total. The summed E-state index contributed by atoms with van der Waals surface area (Å²) in [6.07, 6.45) is 2.00. The maximum atomic E-state index is 10.9. The van der Waals surface area contributed by atoms with Gasteiger partial charge in [-0.05, 0) is 19.5 Å². The van der Waals surface area contributed by atoms with Crippen LogP contribution >= 0.6 is 0 Å². The third-order valence-corrected chi connectivity index (χ3v) is 2.00. The van der Waals surface area contributed by atoms with Gasteiger partial charge in [0.2, 0.25) is 0 Å². The molecule has 1 atom stereocenters. The average molecular weight is 199 g/mol. The number of carboxylic acid groups (broad SMARTS) is 2. The van der Waals surface area contributed by atoms with Crippen LogP contribution in [-0.4, -0.2) is 34.7 Å². The van der Waals surface area contributed by atoms with E-state index in [0.29, 0.717) is 0 Å². The van der Waals surface area contributed by atoms with Crippen molar-refractivity contribution in [2.75, 3.05) is 7.05 Å². The van der Waals surface area contributed by atoms with E-state index in [9.17, 15) is 9.59 Å². The van der Waals surface area contributed by atoms with Crippen molar-refractivity contribution in [2.45, 2.75) is 12.5 Å². The number of aliphatic carboxylic acids is 2. The second-order valence-corrected chi connectivity index (χ2v) is 2.73. The van der Waals surface area contributed by atoms with Crippen LogP contribution in [0.25, 0.3) is 0 Å². The van der Waals surface area contributed by atoms with Crippen LogP contribution in [0.4, 0.5) is 0 Å². The first-order chi connectivity index (χ1) is 6.40. The second-order valence-electron chi connectivity index (χ2n) is 2.73. The minimum absolute atomic E-state index is 0.162. The van der Waals surface area contributed by atoms with Gasteiger partial charge in [-0.1, -0.05) is 6.08 Å². The third-order valence-electron chi connectivity index (χ3n) is 2.00. The summed E-state index contributed by atoms with van der Waals surface area (Å²) in [6, 6.07) is 0. The third kappa shape index (κ3) is 2.20. The van der Waals surface area contributed by atoms with E-state index in [2.05, 4.69) is 11.9 Å². The van der Waals surface area contributed by atoms with Crippen LogP contribution < -0.4 is 5.32 Å². The van der Waals surface area contributed by atoms with Crippen molar-refractivity contribution in [3.05, 3.63) is 24.3 Å². The van der Waals surface area contributed by atoms with Gasteiger partial charge in [-0.3, -0.25) is 5.32 Å². The first-order valence-electron chi connectivity index (χ1n) is 3.88. The predicted octanol–water partition coefficient (Wildman–Crippen LogP) is 0.246. The fourth-order valence-electron chi connectivity index (χ4n) is 1.12. The van der Waals surface area contributed by atoms with E-state index in [0.717, 1.165) is 12.2 Å². The molecular formula is C9H13NO4. The van der Waals surface area contributed by atoms with E-state index in [1.54, 1.807) is 0 Å². The summed E-state index contributed by atoms with van der Waals surface area (Å²) < 4.78 is 0. The van der Waals surface area contributed by atoms with Crippen LogP contribution in [0.2, 0.25) is 0 Å². The van der Waals surface area contributed by atoms with E-state index in [1.165, 1.54) is 14.0 Å². The van der Waals surface area contributed by atoms with Crippen molar-refractivity contribution in [2.24, 2.45) is 0 Å². The zero-order chi connectivity index (χ0) is 11.4. The van der Waals surface area contributed by atoms with Crippen molar-refractivity contribution in [1.82, 2.24) is 5.32 Å². The first kappa shape index (κ1) is 12.4. The van der Waals surface area contributed by atoms with E-state index in [4.69, 9.17) is 10.2 Å². The van der Waals surface area contributed by atoms with Gasteiger partial charge in [0.1, 0.15) is 0 Å². The number of rotatable bonds is 5. The molecule has 0 aromatic heterocycles. The lowest BCUT2D eigenvalue weighted by atomic mass is 9.90. The van der Waals surface area contributed by atoms with Crippen LogP contribution in [0.3, 0.4) is 0 Å². The first-order valence-corrected chi connectivity index (χ1v) is 3.88. The van der Waals surface area contributed by atoms with Gasteiger partial charge in [0, 0.05) is 6.08 Å². The molecular weight excluding hydrogens is 186 g/mol. The summed E-state index contributed by atoms with van der Waals surface area (Å²) in [6.45, 7) is 4.79. The molecule has 0 aromatic rings. The molecule has 0 radical (unpaired) electrons. The van der Waals surface area contributed by atoms with Crippen molar-refractivity contribution in [3.63, 3.8) is 0 Å². The fraction of sp³-hybridized carbons (Fsp3) is 0.333. The Morgan fingerprint density at radius 2 is 1.93 bits per heavy atom. The summed E-state index contributed by atoms with van der Waals surface area (Å²) in [4.78, 5) is 21.3. The Morgan fingerprint density at radius 1 is 1.43 bits per heavy atom. The van der Waals surface area contributed by atoms with Gasteiger partial charge in [-0.15, -0.1) is 6.58 Å². The molecule has 0 aliphatic carbocycles. The Balaban J connectivity index is 5.30. The number of hydrogen-bond donors (Lipinski definition) is 3. The Morgan fingerprint density at radius 3 is 2.14 bits per heavy atom. The highest BCUT2D eigenvalue weighted by Crippen LogP contribution is 2.17. The SMILES string of the molecule is C=CC(NC)(C(=O)O)/C(C)=C/C(=O)O. The van der Waals surface area contributed by atoms with Gasteiger partial charge < -0.3 is 10.2 Å². The number of carbonyl (C=O) groups is 2. The molecule has 0 aliphatic rings. The molecule has 0 spiro atoms. The zero-order valence-electron chi connectivity index (χ0n) is 8.07. The Bertz CT molecular complexity index is 295. The molecule has 0 heterocycles. The zero-order valence-corrected chi connectivity index (χ0v) is 8.07. The molecule has 0 saturated carbocycles. The maximum Gasteiger partial charge on any atom is 0.332 e. The highest BCUT2D eigenvalue weighted by Gasteiger charge is 2.35. The van der Waals surface area contributed by atoms with Crippen molar-refractivity contribution < 1.29 is 19.8 Å². The molecule has 1 unspecified atom stereocenters. The second kappa shape index (κ2) is 4.57. The van der Waals surface area contributed by atoms with Gasteiger partial charge in [0.25, 0.3) is 0 Å². The Labute approximate surface area is 81.7 Å². The average Bonchev–Trinajstić information content (AvgIpc) is 2.05. The molecule has 0 amide bonds. The van der Waals surface area contributed by atoms with Crippen LogP contribution in [0.1, 0.15) is 6.92 Å². The fourth-order valence-corrected chi connectivity index (χ4v) is 1.12. The van der Waals surface area contributed by atoms with Crippen LogP contribution in [0, 0.1) is 0 Å². The molecule has 0 fully saturated rings. The van der Waals surface area contributed by atoms with Gasteiger partial charge in [-0.2, -0.15) is 0 Å². The lowest BCUT2D eigenvalue weighted by molar-refractivity contribution is -0.141. The molecule has 0 saturated heterocycles. The molecule has 0 aromatic carbocycles. The monoisotopic (exact) mass is 199 g/mol. The highest BCUT2D eigenvalue weighted by atomic mass is 16.4. The molecule has 0 rings (SSSR count). The molecule has 78 valence electrons. The van der Waals surface area contributed by atoms with Crippen LogP contribution in [0.15, 0.2) is 24.3 Å². The highest BCUT2D eigenvalue weighted by molar-refractivity contribution is 5.89. The van der Waals surface area contributed by atoms with Gasteiger partial charge in [0.15, 0.2) is 5.54 Å². The normalized spacial score (nSPS) is 15.7. The number of carboxylic acids is 2. The van der Waals surface area contributed by atoms with Crippen molar-refractivity contribution >= 4 is 11.9 Å². The molecule has 5 nitrogen and oxygen atoms in total. The van der Waals surface area contributed by atoms with E-state index in [-0.39, 0.29) is 5.57 Å². The van der Waals surface area contributed by atoms with Crippen LogP contribution in [0.5, 0.6) is 0 Å². The minimum Gasteiger partial charge on any atom is -0.479 e.